The molecule has 0 bridgehead atoms. The zero-order valence-electron chi connectivity index (χ0n) is 15.7. The molecule has 3 N–H and O–H groups in total. The van der Waals surface area contributed by atoms with Crippen molar-refractivity contribution < 1.29 is 9.90 Å². The SMILES string of the molecule is O=C1CNC(CCNCc2ccccc2)c2ccccc2C1(O)C1CCC1. The largest absolute Gasteiger partial charge is 0.377 e. The van der Waals surface area contributed by atoms with Crippen LogP contribution in [-0.4, -0.2) is 24.0 Å². The number of ketones is 1. The van der Waals surface area contributed by atoms with Gasteiger partial charge in [-0.05, 0) is 48.4 Å². The fourth-order valence-electron chi connectivity index (χ4n) is 4.36. The third-order valence-electron chi connectivity index (χ3n) is 6.16. The van der Waals surface area contributed by atoms with Gasteiger partial charge < -0.3 is 15.7 Å². The van der Waals surface area contributed by atoms with E-state index in [1.54, 1.807) is 0 Å². The molecular formula is C23H28N2O2. The minimum Gasteiger partial charge on any atom is -0.377 e. The van der Waals surface area contributed by atoms with Gasteiger partial charge in [0.05, 0.1) is 6.54 Å². The van der Waals surface area contributed by atoms with Gasteiger partial charge in [0.25, 0.3) is 0 Å². The van der Waals surface area contributed by atoms with Crippen molar-refractivity contribution in [2.45, 2.75) is 43.9 Å². The van der Waals surface area contributed by atoms with Crippen LogP contribution in [0.3, 0.4) is 0 Å². The summed E-state index contributed by atoms with van der Waals surface area (Å²) in [5.41, 5.74) is 1.83. The van der Waals surface area contributed by atoms with Crippen LogP contribution in [-0.2, 0) is 16.9 Å². The molecule has 2 aromatic rings. The van der Waals surface area contributed by atoms with Gasteiger partial charge in [-0.25, -0.2) is 0 Å². The summed E-state index contributed by atoms with van der Waals surface area (Å²) >= 11 is 0. The van der Waals surface area contributed by atoms with Crippen molar-refractivity contribution >= 4 is 5.78 Å². The molecule has 0 amide bonds. The number of carbonyl (C=O) groups excluding carboxylic acids is 1. The Morgan fingerprint density at radius 1 is 1.07 bits per heavy atom. The summed E-state index contributed by atoms with van der Waals surface area (Å²) in [5, 5.41) is 18.3. The van der Waals surface area contributed by atoms with Crippen LogP contribution in [0.4, 0.5) is 0 Å². The Morgan fingerprint density at radius 3 is 2.56 bits per heavy atom. The van der Waals surface area contributed by atoms with Gasteiger partial charge in [0.2, 0.25) is 0 Å². The topological polar surface area (TPSA) is 61.4 Å². The van der Waals surface area contributed by atoms with Crippen LogP contribution in [0.15, 0.2) is 54.6 Å². The van der Waals surface area contributed by atoms with E-state index in [1.165, 1.54) is 5.56 Å². The zero-order valence-corrected chi connectivity index (χ0v) is 15.7. The summed E-state index contributed by atoms with van der Waals surface area (Å²) < 4.78 is 0. The minimum atomic E-state index is -1.33. The first-order valence-corrected chi connectivity index (χ1v) is 10.0. The van der Waals surface area contributed by atoms with Crippen molar-refractivity contribution in [2.24, 2.45) is 5.92 Å². The third kappa shape index (κ3) is 3.57. The zero-order chi connectivity index (χ0) is 18.7. The van der Waals surface area contributed by atoms with Gasteiger partial charge in [-0.3, -0.25) is 4.79 Å². The Kier molecular flexibility index (Phi) is 5.39. The van der Waals surface area contributed by atoms with E-state index >= 15 is 0 Å². The van der Waals surface area contributed by atoms with Crippen LogP contribution >= 0.6 is 0 Å². The highest BCUT2D eigenvalue weighted by molar-refractivity contribution is 5.91. The van der Waals surface area contributed by atoms with Crippen LogP contribution < -0.4 is 10.6 Å². The second-order valence-electron chi connectivity index (χ2n) is 7.79. The first-order valence-electron chi connectivity index (χ1n) is 10.0. The lowest BCUT2D eigenvalue weighted by atomic mass is 9.67. The third-order valence-corrected chi connectivity index (χ3v) is 6.16. The van der Waals surface area contributed by atoms with E-state index in [2.05, 4.69) is 28.8 Å². The molecule has 1 fully saturated rings. The maximum absolute atomic E-state index is 12.9. The lowest BCUT2D eigenvalue weighted by Gasteiger charge is -2.40. The molecule has 2 atom stereocenters. The second kappa shape index (κ2) is 7.93. The molecule has 142 valence electrons. The normalized spacial score (nSPS) is 25.5. The Morgan fingerprint density at radius 2 is 1.81 bits per heavy atom. The Bertz CT molecular complexity index is 788. The molecule has 0 radical (unpaired) electrons. The van der Waals surface area contributed by atoms with Crippen molar-refractivity contribution in [3.05, 3.63) is 71.3 Å². The van der Waals surface area contributed by atoms with Gasteiger partial charge in [-0.2, -0.15) is 0 Å². The highest BCUT2D eigenvalue weighted by atomic mass is 16.3. The lowest BCUT2D eigenvalue weighted by molar-refractivity contribution is -0.148. The summed E-state index contributed by atoms with van der Waals surface area (Å²) in [6, 6.07) is 18.4. The number of Topliss-reactive ketones (excluding diaryl/α,β-unsaturated/α-hetero) is 1. The van der Waals surface area contributed by atoms with Gasteiger partial charge in [0.1, 0.15) is 0 Å². The number of hydrogen-bond acceptors (Lipinski definition) is 4. The first kappa shape index (κ1) is 18.4. The second-order valence-corrected chi connectivity index (χ2v) is 7.79. The number of fused-ring (bicyclic) bond motifs is 1. The highest BCUT2D eigenvalue weighted by Crippen LogP contribution is 2.46. The van der Waals surface area contributed by atoms with E-state index < -0.39 is 5.60 Å². The number of benzene rings is 2. The van der Waals surface area contributed by atoms with E-state index in [1.807, 2.05) is 36.4 Å². The summed E-state index contributed by atoms with van der Waals surface area (Å²) in [5.74, 6) is -0.0256. The quantitative estimate of drug-likeness (QED) is 0.690. The van der Waals surface area contributed by atoms with Crippen molar-refractivity contribution in [1.82, 2.24) is 10.6 Å². The fourth-order valence-corrected chi connectivity index (χ4v) is 4.36. The molecule has 4 rings (SSSR count). The monoisotopic (exact) mass is 364 g/mol. The molecule has 2 aromatic carbocycles. The molecule has 2 aliphatic rings. The molecule has 4 nitrogen and oxygen atoms in total. The van der Waals surface area contributed by atoms with Crippen LogP contribution in [0, 0.1) is 5.92 Å². The summed E-state index contributed by atoms with van der Waals surface area (Å²) in [7, 11) is 0. The molecule has 0 saturated heterocycles. The Labute approximate surface area is 161 Å². The summed E-state index contributed by atoms with van der Waals surface area (Å²) in [6.45, 7) is 1.90. The molecule has 1 heterocycles. The van der Waals surface area contributed by atoms with Gasteiger partial charge in [0.15, 0.2) is 11.4 Å². The highest BCUT2D eigenvalue weighted by Gasteiger charge is 2.49. The maximum atomic E-state index is 12.9. The standard InChI is InChI=1S/C23H28N2O2/c26-22-16-25-21(13-14-24-15-17-7-2-1-3-8-17)19-11-4-5-12-20(19)23(22,27)18-9-6-10-18/h1-5,7-8,11-12,18,21,24-25,27H,6,9-10,13-16H2. The van der Waals surface area contributed by atoms with Crippen molar-refractivity contribution in [1.29, 1.82) is 0 Å². The Balaban J connectivity index is 1.48. The minimum absolute atomic E-state index is 0.0582. The van der Waals surface area contributed by atoms with E-state index in [9.17, 15) is 9.90 Å². The predicted molar refractivity (Wildman–Crippen MR) is 106 cm³/mol. The van der Waals surface area contributed by atoms with Gasteiger partial charge in [-0.1, -0.05) is 61.0 Å². The smallest absolute Gasteiger partial charge is 0.182 e. The molecule has 27 heavy (non-hydrogen) atoms. The molecule has 4 heteroatoms. The van der Waals surface area contributed by atoms with Crippen LogP contribution in [0.5, 0.6) is 0 Å². The van der Waals surface area contributed by atoms with E-state index in [0.717, 1.165) is 49.9 Å². The molecule has 2 unspecified atom stereocenters. The van der Waals surface area contributed by atoms with Crippen molar-refractivity contribution in [3.63, 3.8) is 0 Å². The van der Waals surface area contributed by atoms with Gasteiger partial charge in [-0.15, -0.1) is 0 Å². The van der Waals surface area contributed by atoms with Crippen molar-refractivity contribution in [3.8, 4) is 0 Å². The number of nitrogens with one attached hydrogen (secondary N) is 2. The lowest BCUT2D eigenvalue weighted by Crippen LogP contribution is -2.48. The number of aliphatic hydroxyl groups is 1. The summed E-state index contributed by atoms with van der Waals surface area (Å²) in [4.78, 5) is 12.9. The van der Waals surface area contributed by atoms with Crippen molar-refractivity contribution in [2.75, 3.05) is 13.1 Å². The van der Waals surface area contributed by atoms with Gasteiger partial charge >= 0.3 is 0 Å². The molecular weight excluding hydrogens is 336 g/mol. The van der Waals surface area contributed by atoms with E-state index in [4.69, 9.17) is 0 Å². The van der Waals surface area contributed by atoms with Gasteiger partial charge in [0, 0.05) is 12.6 Å². The van der Waals surface area contributed by atoms with Crippen LogP contribution in [0.1, 0.15) is 48.4 Å². The average molecular weight is 364 g/mol. The number of rotatable bonds is 6. The molecule has 1 aliphatic heterocycles. The maximum Gasteiger partial charge on any atom is 0.182 e. The molecule has 1 saturated carbocycles. The number of hydrogen-bond donors (Lipinski definition) is 3. The van der Waals surface area contributed by atoms with E-state index in [0.29, 0.717) is 0 Å². The molecule has 0 aromatic heterocycles. The Hall–Kier alpha value is -2.01. The first-order chi connectivity index (χ1) is 13.2. The van der Waals surface area contributed by atoms with E-state index in [-0.39, 0.29) is 24.3 Å². The average Bonchev–Trinajstić information content (AvgIpc) is 2.75. The van der Waals surface area contributed by atoms with Crippen LogP contribution in [0.25, 0.3) is 0 Å². The fraction of sp³-hybridized carbons (Fsp3) is 0.435. The predicted octanol–water partition coefficient (Wildman–Crippen LogP) is 3.07. The summed E-state index contributed by atoms with van der Waals surface area (Å²) in [6.07, 6.45) is 3.83. The van der Waals surface area contributed by atoms with Crippen LogP contribution in [0.2, 0.25) is 0 Å². The molecule has 1 aliphatic carbocycles. The molecule has 0 spiro atoms. The number of carbonyl (C=O) groups is 1.